The van der Waals surface area contributed by atoms with Crippen LogP contribution in [0.15, 0.2) is 28.9 Å². The fourth-order valence-corrected chi connectivity index (χ4v) is 1.85. The first-order valence-corrected chi connectivity index (χ1v) is 5.15. The molecule has 15 heavy (non-hydrogen) atoms. The highest BCUT2D eigenvalue weighted by molar-refractivity contribution is 9.10. The van der Waals surface area contributed by atoms with E-state index in [1.54, 1.807) is 7.11 Å². The van der Waals surface area contributed by atoms with Crippen LogP contribution in [0, 0.1) is 0 Å². The summed E-state index contributed by atoms with van der Waals surface area (Å²) in [5.74, 6) is 1.18. The number of anilines is 1. The van der Waals surface area contributed by atoms with Gasteiger partial charge in [-0.1, -0.05) is 12.1 Å². The highest BCUT2D eigenvalue weighted by Gasteiger charge is 2.08. The summed E-state index contributed by atoms with van der Waals surface area (Å²) in [6.45, 7) is 0. The molecule has 0 radical (unpaired) electrons. The number of aromatic amines is 1. The van der Waals surface area contributed by atoms with E-state index in [0.29, 0.717) is 5.95 Å². The highest BCUT2D eigenvalue weighted by atomic mass is 79.9. The molecule has 1 aromatic heterocycles. The number of nitrogen functional groups attached to an aromatic ring is 1. The molecule has 1 heterocycles. The van der Waals surface area contributed by atoms with E-state index >= 15 is 0 Å². The largest absolute Gasteiger partial charge is 0.497 e. The Morgan fingerprint density at radius 1 is 1.47 bits per heavy atom. The van der Waals surface area contributed by atoms with Gasteiger partial charge in [0.2, 0.25) is 0 Å². The summed E-state index contributed by atoms with van der Waals surface area (Å²) in [7, 11) is 1.63. The van der Waals surface area contributed by atoms with E-state index < -0.39 is 0 Å². The summed E-state index contributed by atoms with van der Waals surface area (Å²) in [5.41, 5.74) is 7.30. The number of halogens is 1. The van der Waals surface area contributed by atoms with Crippen LogP contribution in [0.25, 0.3) is 11.3 Å². The summed E-state index contributed by atoms with van der Waals surface area (Å²) in [6.07, 6.45) is 0. The second-order valence-corrected chi connectivity index (χ2v) is 3.81. The van der Waals surface area contributed by atoms with Gasteiger partial charge in [0.1, 0.15) is 16.0 Å². The molecule has 1 aromatic carbocycles. The van der Waals surface area contributed by atoms with Gasteiger partial charge in [0.15, 0.2) is 5.95 Å². The molecule has 4 nitrogen and oxygen atoms in total. The zero-order chi connectivity index (χ0) is 10.8. The van der Waals surface area contributed by atoms with Crippen molar-refractivity contribution >= 4 is 21.9 Å². The first-order valence-electron chi connectivity index (χ1n) is 4.36. The van der Waals surface area contributed by atoms with E-state index in [1.165, 1.54) is 0 Å². The third-order valence-corrected chi connectivity index (χ3v) is 2.59. The molecule has 0 atom stereocenters. The number of hydrogen-bond acceptors (Lipinski definition) is 3. The van der Waals surface area contributed by atoms with Gasteiger partial charge >= 0.3 is 0 Å². The van der Waals surface area contributed by atoms with E-state index in [4.69, 9.17) is 10.5 Å². The van der Waals surface area contributed by atoms with Gasteiger partial charge in [-0.05, 0) is 28.1 Å². The van der Waals surface area contributed by atoms with Gasteiger partial charge in [-0.3, -0.25) is 0 Å². The van der Waals surface area contributed by atoms with Crippen LogP contribution in [0.1, 0.15) is 0 Å². The van der Waals surface area contributed by atoms with Crippen molar-refractivity contribution in [1.82, 2.24) is 9.97 Å². The molecule has 0 aliphatic heterocycles. The monoisotopic (exact) mass is 267 g/mol. The molecule has 0 fully saturated rings. The first-order chi connectivity index (χ1) is 7.20. The minimum atomic E-state index is 0.389. The standard InChI is InChI=1S/C10H10BrN3O/c1-15-7-4-2-3-6(5-7)8-9(11)14-10(12)13-8/h2-5H,1H3,(H3,12,13,14). The summed E-state index contributed by atoms with van der Waals surface area (Å²) < 4.78 is 5.91. The van der Waals surface area contributed by atoms with Crippen molar-refractivity contribution in [2.24, 2.45) is 0 Å². The van der Waals surface area contributed by atoms with E-state index in [0.717, 1.165) is 21.6 Å². The molecule has 5 heteroatoms. The van der Waals surface area contributed by atoms with E-state index in [-0.39, 0.29) is 0 Å². The summed E-state index contributed by atoms with van der Waals surface area (Å²) in [6, 6.07) is 7.64. The second-order valence-electron chi connectivity index (χ2n) is 3.02. The Labute approximate surface area is 95.6 Å². The van der Waals surface area contributed by atoms with Crippen LogP contribution in [-0.2, 0) is 0 Å². The molecule has 0 unspecified atom stereocenters. The van der Waals surface area contributed by atoms with Gasteiger partial charge in [0, 0.05) is 5.56 Å². The maximum absolute atomic E-state index is 5.56. The van der Waals surface area contributed by atoms with Crippen molar-refractivity contribution in [3.05, 3.63) is 28.9 Å². The average molecular weight is 268 g/mol. The van der Waals surface area contributed by atoms with Crippen LogP contribution in [0.2, 0.25) is 0 Å². The van der Waals surface area contributed by atoms with Crippen molar-refractivity contribution in [2.75, 3.05) is 12.8 Å². The fraction of sp³-hybridized carbons (Fsp3) is 0.100. The Morgan fingerprint density at radius 2 is 2.27 bits per heavy atom. The van der Waals surface area contributed by atoms with Gasteiger partial charge in [-0.2, -0.15) is 0 Å². The number of H-pyrrole nitrogens is 1. The number of rotatable bonds is 2. The summed E-state index contributed by atoms with van der Waals surface area (Å²) in [4.78, 5) is 7.06. The Balaban J connectivity index is 2.49. The van der Waals surface area contributed by atoms with Crippen LogP contribution >= 0.6 is 15.9 Å². The van der Waals surface area contributed by atoms with E-state index in [1.807, 2.05) is 24.3 Å². The number of nitrogens with two attached hydrogens (primary N) is 1. The van der Waals surface area contributed by atoms with Crippen LogP contribution in [-0.4, -0.2) is 17.1 Å². The maximum Gasteiger partial charge on any atom is 0.198 e. The van der Waals surface area contributed by atoms with Gasteiger partial charge in [0.25, 0.3) is 0 Å². The number of ether oxygens (including phenoxy) is 1. The third kappa shape index (κ3) is 1.97. The van der Waals surface area contributed by atoms with Crippen LogP contribution in [0.5, 0.6) is 5.75 Å². The normalized spacial score (nSPS) is 10.3. The van der Waals surface area contributed by atoms with Crippen molar-refractivity contribution in [1.29, 1.82) is 0 Å². The van der Waals surface area contributed by atoms with Gasteiger partial charge in [0.05, 0.1) is 7.11 Å². The quantitative estimate of drug-likeness (QED) is 0.879. The molecule has 3 N–H and O–H groups in total. The number of hydrogen-bond donors (Lipinski definition) is 2. The lowest BCUT2D eigenvalue weighted by atomic mass is 10.1. The summed E-state index contributed by atoms with van der Waals surface area (Å²) in [5, 5.41) is 0. The molecule has 78 valence electrons. The predicted molar refractivity (Wildman–Crippen MR) is 62.7 cm³/mol. The van der Waals surface area contributed by atoms with Crippen molar-refractivity contribution < 1.29 is 4.74 Å². The Kier molecular flexibility index (Phi) is 2.64. The Morgan fingerprint density at radius 3 is 2.87 bits per heavy atom. The summed E-state index contributed by atoms with van der Waals surface area (Å²) >= 11 is 3.36. The zero-order valence-corrected chi connectivity index (χ0v) is 9.71. The Hall–Kier alpha value is -1.49. The number of aromatic nitrogens is 2. The molecule has 2 rings (SSSR count). The first kappa shape index (κ1) is 10.0. The van der Waals surface area contributed by atoms with E-state index in [2.05, 4.69) is 25.9 Å². The molecule has 0 aliphatic rings. The molecule has 2 aromatic rings. The van der Waals surface area contributed by atoms with Gasteiger partial charge < -0.3 is 15.5 Å². The molecule has 0 bridgehead atoms. The van der Waals surface area contributed by atoms with Crippen molar-refractivity contribution in [3.63, 3.8) is 0 Å². The third-order valence-electron chi connectivity index (χ3n) is 2.02. The smallest absolute Gasteiger partial charge is 0.198 e. The minimum absolute atomic E-state index is 0.389. The van der Waals surface area contributed by atoms with Gasteiger partial charge in [-0.15, -0.1) is 0 Å². The number of imidazole rings is 1. The molecular weight excluding hydrogens is 258 g/mol. The lowest BCUT2D eigenvalue weighted by Gasteiger charge is -2.01. The van der Waals surface area contributed by atoms with Gasteiger partial charge in [-0.25, -0.2) is 4.98 Å². The lowest BCUT2D eigenvalue weighted by molar-refractivity contribution is 0.415. The second kappa shape index (κ2) is 3.94. The number of benzene rings is 1. The molecule has 0 saturated carbocycles. The topological polar surface area (TPSA) is 63.9 Å². The molecule has 0 aliphatic carbocycles. The van der Waals surface area contributed by atoms with Crippen LogP contribution in [0.3, 0.4) is 0 Å². The number of methoxy groups -OCH3 is 1. The molecule has 0 spiro atoms. The molecule has 0 saturated heterocycles. The van der Waals surface area contributed by atoms with Crippen LogP contribution < -0.4 is 10.5 Å². The zero-order valence-electron chi connectivity index (χ0n) is 8.12. The predicted octanol–water partition coefficient (Wildman–Crippen LogP) is 2.43. The SMILES string of the molecule is COc1cccc(-c2nc(N)[nH]c2Br)c1. The molecule has 0 amide bonds. The highest BCUT2D eigenvalue weighted by Crippen LogP contribution is 2.28. The fourth-order valence-electron chi connectivity index (χ4n) is 1.33. The minimum Gasteiger partial charge on any atom is -0.497 e. The maximum atomic E-state index is 5.56. The lowest BCUT2D eigenvalue weighted by Crippen LogP contribution is -1.86. The number of nitrogens with zero attached hydrogens (tertiary/aromatic N) is 1. The molecular formula is C10H10BrN3O. The van der Waals surface area contributed by atoms with Crippen molar-refractivity contribution in [3.8, 4) is 17.0 Å². The average Bonchev–Trinajstić information content (AvgIpc) is 2.58. The van der Waals surface area contributed by atoms with Crippen LogP contribution in [0.4, 0.5) is 5.95 Å². The Bertz CT molecular complexity index is 481. The van der Waals surface area contributed by atoms with E-state index in [9.17, 15) is 0 Å². The number of nitrogens with one attached hydrogen (secondary N) is 1. The van der Waals surface area contributed by atoms with Crippen molar-refractivity contribution in [2.45, 2.75) is 0 Å².